The summed E-state index contributed by atoms with van der Waals surface area (Å²) in [4.78, 5) is 0. The van der Waals surface area contributed by atoms with E-state index in [1.807, 2.05) is 0 Å². The summed E-state index contributed by atoms with van der Waals surface area (Å²) in [6.45, 7) is 18.3. The fourth-order valence-electron chi connectivity index (χ4n) is 9.26. The van der Waals surface area contributed by atoms with Crippen LogP contribution in [0.25, 0.3) is 0 Å². The Morgan fingerprint density at radius 1 is 0.957 bits per heavy atom. The number of rotatable bonds is 1. The molecule has 0 heterocycles. The van der Waals surface area contributed by atoms with Crippen molar-refractivity contribution in [3.63, 3.8) is 0 Å². The van der Waals surface area contributed by atoms with E-state index in [1.54, 1.807) is 19.3 Å². The average Bonchev–Trinajstić information content (AvgIpc) is 2.83. The van der Waals surface area contributed by atoms with Gasteiger partial charge in [-0.2, -0.15) is 0 Å². The van der Waals surface area contributed by atoms with Crippen LogP contribution in [0.2, 0.25) is 0 Å². The molecule has 0 nitrogen and oxygen atoms in total. The molecule has 0 radical (unpaired) electrons. The SMILES string of the molecule is CC[C@@]1(C)C[C@]23C[C@@H]1CCC2[C@]1(C)CCC(C)C(C)(C)C1[C@@H]3C. The molecule has 4 aliphatic rings. The van der Waals surface area contributed by atoms with Crippen LogP contribution in [0.1, 0.15) is 93.4 Å². The Hall–Kier alpha value is 0. The molecule has 23 heavy (non-hydrogen) atoms. The van der Waals surface area contributed by atoms with Gasteiger partial charge in [0.1, 0.15) is 0 Å². The normalized spacial score (nSPS) is 60.4. The molecule has 4 rings (SSSR count). The molecule has 2 bridgehead atoms. The second-order valence-corrected chi connectivity index (χ2v) is 11.5. The minimum absolute atomic E-state index is 0.527. The third kappa shape index (κ3) is 1.75. The Morgan fingerprint density at radius 2 is 1.65 bits per heavy atom. The summed E-state index contributed by atoms with van der Waals surface area (Å²) in [5.74, 6) is 4.82. The lowest BCUT2D eigenvalue weighted by atomic mass is 9.51. The number of hydrogen-bond donors (Lipinski definition) is 0. The highest BCUT2D eigenvalue weighted by Crippen LogP contribution is 2.79. The lowest BCUT2D eigenvalue weighted by Gasteiger charge is -2.54. The second-order valence-electron chi connectivity index (χ2n) is 11.5. The van der Waals surface area contributed by atoms with Gasteiger partial charge in [-0.15, -0.1) is 0 Å². The standard InChI is InChI=1S/C23H40/c1-8-21(6)14-23-13-17(21)9-10-18(23)22(7)12-11-15(2)20(4,5)19(22)16(23)3/h15-19H,8-14H2,1-7H3/t15?,16-,17-,18?,19?,21-,22-,23-/m0/s1. The maximum absolute atomic E-state index is 2.73. The topological polar surface area (TPSA) is 0 Å². The Balaban J connectivity index is 1.82. The smallest absolute Gasteiger partial charge is 0.0227 e. The summed E-state index contributed by atoms with van der Waals surface area (Å²) in [5, 5.41) is 0. The molecule has 0 aliphatic heterocycles. The molecule has 4 saturated carbocycles. The van der Waals surface area contributed by atoms with Crippen LogP contribution in [-0.4, -0.2) is 0 Å². The van der Waals surface area contributed by atoms with Crippen molar-refractivity contribution in [1.82, 2.24) is 0 Å². The van der Waals surface area contributed by atoms with E-state index in [4.69, 9.17) is 0 Å². The molecule has 4 fully saturated rings. The Labute approximate surface area is 145 Å². The molecule has 0 aromatic rings. The van der Waals surface area contributed by atoms with Crippen molar-refractivity contribution in [1.29, 1.82) is 0 Å². The largest absolute Gasteiger partial charge is 0.0649 e. The average molecular weight is 317 g/mol. The Morgan fingerprint density at radius 3 is 2.30 bits per heavy atom. The maximum Gasteiger partial charge on any atom is -0.0227 e. The quantitative estimate of drug-likeness (QED) is 0.491. The van der Waals surface area contributed by atoms with Gasteiger partial charge in [-0.05, 0) is 89.8 Å². The van der Waals surface area contributed by atoms with Gasteiger partial charge < -0.3 is 0 Å². The molecular formula is C23H40. The maximum atomic E-state index is 2.73. The lowest BCUT2D eigenvalue weighted by molar-refractivity contribution is -0.0544. The van der Waals surface area contributed by atoms with Crippen LogP contribution >= 0.6 is 0 Å². The molecule has 3 unspecified atom stereocenters. The van der Waals surface area contributed by atoms with Crippen molar-refractivity contribution in [3.05, 3.63) is 0 Å². The molecule has 8 atom stereocenters. The van der Waals surface area contributed by atoms with Crippen LogP contribution in [0.5, 0.6) is 0 Å². The van der Waals surface area contributed by atoms with Gasteiger partial charge in [0.25, 0.3) is 0 Å². The van der Waals surface area contributed by atoms with Gasteiger partial charge in [0.05, 0.1) is 0 Å². The Bertz CT molecular complexity index is 504. The first-order valence-electron chi connectivity index (χ1n) is 10.6. The zero-order valence-corrected chi connectivity index (χ0v) is 16.8. The highest BCUT2D eigenvalue weighted by atomic mass is 14.8. The molecule has 1 spiro atoms. The van der Waals surface area contributed by atoms with Gasteiger partial charge in [-0.3, -0.25) is 0 Å². The molecular weight excluding hydrogens is 276 g/mol. The molecule has 0 heteroatoms. The first-order chi connectivity index (χ1) is 10.6. The minimum Gasteiger partial charge on any atom is -0.0649 e. The molecule has 0 aromatic carbocycles. The second kappa shape index (κ2) is 4.59. The van der Waals surface area contributed by atoms with Crippen LogP contribution in [0.15, 0.2) is 0 Å². The zero-order valence-electron chi connectivity index (χ0n) is 16.8. The van der Waals surface area contributed by atoms with Crippen molar-refractivity contribution >= 4 is 0 Å². The van der Waals surface area contributed by atoms with Crippen LogP contribution in [-0.2, 0) is 0 Å². The van der Waals surface area contributed by atoms with Crippen molar-refractivity contribution in [3.8, 4) is 0 Å². The fraction of sp³-hybridized carbons (Fsp3) is 1.00. The van der Waals surface area contributed by atoms with Gasteiger partial charge in [-0.25, -0.2) is 0 Å². The van der Waals surface area contributed by atoms with E-state index in [1.165, 1.54) is 25.7 Å². The third-order valence-electron chi connectivity index (χ3n) is 10.8. The molecule has 0 aromatic heterocycles. The van der Waals surface area contributed by atoms with Gasteiger partial charge in [-0.1, -0.05) is 54.9 Å². The van der Waals surface area contributed by atoms with E-state index >= 15 is 0 Å². The summed E-state index contributed by atoms with van der Waals surface area (Å²) in [6, 6.07) is 0. The minimum atomic E-state index is 0.527. The van der Waals surface area contributed by atoms with Crippen LogP contribution < -0.4 is 0 Å². The van der Waals surface area contributed by atoms with E-state index in [9.17, 15) is 0 Å². The van der Waals surface area contributed by atoms with Crippen molar-refractivity contribution in [2.45, 2.75) is 93.4 Å². The summed E-state index contributed by atoms with van der Waals surface area (Å²) in [7, 11) is 0. The van der Waals surface area contributed by atoms with Crippen molar-refractivity contribution < 1.29 is 0 Å². The molecule has 0 amide bonds. The van der Waals surface area contributed by atoms with E-state index in [2.05, 4.69) is 48.5 Å². The molecule has 0 N–H and O–H groups in total. The van der Waals surface area contributed by atoms with Gasteiger partial charge in [0.15, 0.2) is 0 Å². The van der Waals surface area contributed by atoms with E-state index in [0.717, 1.165) is 29.6 Å². The third-order valence-corrected chi connectivity index (χ3v) is 10.8. The van der Waals surface area contributed by atoms with Gasteiger partial charge in [0.2, 0.25) is 0 Å². The summed E-state index contributed by atoms with van der Waals surface area (Å²) in [6.07, 6.45) is 10.6. The Kier molecular flexibility index (Phi) is 3.28. The van der Waals surface area contributed by atoms with Gasteiger partial charge >= 0.3 is 0 Å². The zero-order chi connectivity index (χ0) is 16.8. The predicted octanol–water partition coefficient (Wildman–Crippen LogP) is 6.94. The van der Waals surface area contributed by atoms with Crippen LogP contribution in [0, 0.1) is 51.2 Å². The molecule has 132 valence electrons. The first-order valence-corrected chi connectivity index (χ1v) is 10.6. The summed E-state index contributed by atoms with van der Waals surface area (Å²) < 4.78 is 0. The summed E-state index contributed by atoms with van der Waals surface area (Å²) >= 11 is 0. The van der Waals surface area contributed by atoms with Crippen molar-refractivity contribution in [2.24, 2.45) is 51.2 Å². The van der Waals surface area contributed by atoms with Crippen molar-refractivity contribution in [2.75, 3.05) is 0 Å². The summed E-state index contributed by atoms with van der Waals surface area (Å²) in [5.41, 5.74) is 2.48. The highest BCUT2D eigenvalue weighted by molar-refractivity contribution is 5.21. The lowest BCUT2D eigenvalue weighted by Crippen LogP contribution is -2.47. The molecule has 4 aliphatic carbocycles. The van der Waals surface area contributed by atoms with E-state index in [0.29, 0.717) is 21.7 Å². The van der Waals surface area contributed by atoms with E-state index in [-0.39, 0.29) is 0 Å². The van der Waals surface area contributed by atoms with E-state index < -0.39 is 0 Å². The highest BCUT2D eigenvalue weighted by Gasteiger charge is 2.72. The fourth-order valence-corrected chi connectivity index (χ4v) is 9.26. The molecule has 0 saturated heterocycles. The van der Waals surface area contributed by atoms with Gasteiger partial charge in [0, 0.05) is 0 Å². The number of fused-ring (bicyclic) bond motifs is 3. The number of hydrogen-bond acceptors (Lipinski definition) is 0. The van der Waals surface area contributed by atoms with Crippen LogP contribution in [0.4, 0.5) is 0 Å². The predicted molar refractivity (Wildman–Crippen MR) is 99.2 cm³/mol. The first kappa shape index (κ1) is 16.5. The van der Waals surface area contributed by atoms with Crippen LogP contribution in [0.3, 0.4) is 0 Å². The monoisotopic (exact) mass is 316 g/mol.